The van der Waals surface area contributed by atoms with E-state index in [1.807, 2.05) is 30.3 Å². The molecule has 2 rings (SSSR count). The van der Waals surface area contributed by atoms with Crippen molar-refractivity contribution >= 4 is 11.8 Å². The summed E-state index contributed by atoms with van der Waals surface area (Å²) in [7, 11) is 1.67. The molecule has 0 saturated carbocycles. The molecule has 21 heavy (non-hydrogen) atoms. The molecule has 2 amide bonds. The number of carbonyl (C=O) groups is 2. The molecule has 2 unspecified atom stereocenters. The van der Waals surface area contributed by atoms with Gasteiger partial charge < -0.3 is 20.0 Å². The maximum absolute atomic E-state index is 12.4. The van der Waals surface area contributed by atoms with Crippen molar-refractivity contribution in [2.45, 2.75) is 38.3 Å². The molecule has 1 fully saturated rings. The Bertz CT molecular complexity index is 518. The van der Waals surface area contributed by atoms with Crippen LogP contribution in [0.5, 0.6) is 0 Å². The molecule has 1 aromatic carbocycles. The van der Waals surface area contributed by atoms with E-state index < -0.39 is 18.5 Å². The third kappa shape index (κ3) is 3.06. The molecule has 0 bridgehead atoms. The zero-order valence-corrected chi connectivity index (χ0v) is 12.1. The first-order valence-corrected chi connectivity index (χ1v) is 6.92. The van der Waals surface area contributed by atoms with Crippen LogP contribution in [0.3, 0.4) is 0 Å². The van der Waals surface area contributed by atoms with E-state index in [9.17, 15) is 9.59 Å². The van der Waals surface area contributed by atoms with Crippen molar-refractivity contribution in [1.29, 1.82) is 0 Å². The smallest absolute Gasteiger partial charge is 0.246 e. The fraction of sp³-hybridized carbons (Fsp3) is 0.467. The van der Waals surface area contributed by atoms with Gasteiger partial charge in [-0.15, -0.1) is 0 Å². The van der Waals surface area contributed by atoms with Crippen LogP contribution >= 0.6 is 0 Å². The Morgan fingerprint density at radius 2 is 1.90 bits per heavy atom. The summed E-state index contributed by atoms with van der Waals surface area (Å²) in [6.07, 6.45) is -2.01. The van der Waals surface area contributed by atoms with Crippen molar-refractivity contribution < 1.29 is 19.8 Å². The summed E-state index contributed by atoms with van der Waals surface area (Å²) in [6, 6.07) is 8.77. The molecule has 2 atom stereocenters. The van der Waals surface area contributed by atoms with E-state index in [0.29, 0.717) is 0 Å². The SMILES string of the molecule is CC1C(=O)N(C)C(c2ccccc2)N1C(=O)CCC(O)O. The minimum atomic E-state index is -1.52. The maximum Gasteiger partial charge on any atom is 0.246 e. The largest absolute Gasteiger partial charge is 0.368 e. The number of likely N-dealkylation sites (N-methyl/N-ethyl adjacent to an activating group) is 1. The lowest BCUT2D eigenvalue weighted by Gasteiger charge is -2.29. The van der Waals surface area contributed by atoms with Gasteiger partial charge in [-0.2, -0.15) is 0 Å². The van der Waals surface area contributed by atoms with Crippen LogP contribution < -0.4 is 0 Å². The van der Waals surface area contributed by atoms with Gasteiger partial charge in [0.1, 0.15) is 12.2 Å². The first-order chi connectivity index (χ1) is 9.93. The molecule has 2 N–H and O–H groups in total. The molecule has 114 valence electrons. The second-order valence-corrected chi connectivity index (χ2v) is 5.23. The van der Waals surface area contributed by atoms with Gasteiger partial charge in [-0.05, 0) is 12.5 Å². The minimum Gasteiger partial charge on any atom is -0.368 e. The summed E-state index contributed by atoms with van der Waals surface area (Å²) in [6.45, 7) is 1.69. The van der Waals surface area contributed by atoms with Crippen molar-refractivity contribution in [3.63, 3.8) is 0 Å². The highest BCUT2D eigenvalue weighted by atomic mass is 16.5. The Labute approximate surface area is 123 Å². The van der Waals surface area contributed by atoms with Gasteiger partial charge in [-0.1, -0.05) is 30.3 Å². The summed E-state index contributed by atoms with van der Waals surface area (Å²) in [4.78, 5) is 27.6. The monoisotopic (exact) mass is 292 g/mol. The second kappa shape index (κ2) is 6.24. The molecular weight excluding hydrogens is 272 g/mol. The van der Waals surface area contributed by atoms with Crippen molar-refractivity contribution in [2.75, 3.05) is 7.05 Å². The summed E-state index contributed by atoms with van der Waals surface area (Å²) in [5.41, 5.74) is 0.857. The highest BCUT2D eigenvalue weighted by molar-refractivity contribution is 5.91. The topological polar surface area (TPSA) is 81.1 Å². The second-order valence-electron chi connectivity index (χ2n) is 5.23. The highest BCUT2D eigenvalue weighted by Gasteiger charge is 2.44. The Kier molecular flexibility index (Phi) is 4.59. The fourth-order valence-corrected chi connectivity index (χ4v) is 2.68. The van der Waals surface area contributed by atoms with Gasteiger partial charge in [0.05, 0.1) is 0 Å². The van der Waals surface area contributed by atoms with Crippen LogP contribution in [-0.2, 0) is 9.59 Å². The number of rotatable bonds is 4. The van der Waals surface area contributed by atoms with Crippen LogP contribution in [0.15, 0.2) is 30.3 Å². The van der Waals surface area contributed by atoms with Crippen LogP contribution in [0.1, 0.15) is 31.5 Å². The molecule has 0 aliphatic carbocycles. The van der Waals surface area contributed by atoms with Gasteiger partial charge in [0.2, 0.25) is 11.8 Å². The van der Waals surface area contributed by atoms with Crippen LogP contribution in [0.25, 0.3) is 0 Å². The third-order valence-electron chi connectivity index (χ3n) is 3.75. The predicted octanol–water partition coefficient (Wildman–Crippen LogP) is 0.465. The predicted molar refractivity (Wildman–Crippen MR) is 75.7 cm³/mol. The molecule has 1 heterocycles. The van der Waals surface area contributed by atoms with Gasteiger partial charge in [-0.25, -0.2) is 0 Å². The molecule has 1 saturated heterocycles. The molecule has 6 heteroatoms. The van der Waals surface area contributed by atoms with Crippen molar-refractivity contribution in [3.05, 3.63) is 35.9 Å². The number of amides is 2. The lowest BCUT2D eigenvalue weighted by Crippen LogP contribution is -2.38. The fourth-order valence-electron chi connectivity index (χ4n) is 2.68. The van der Waals surface area contributed by atoms with Gasteiger partial charge in [-0.3, -0.25) is 9.59 Å². The van der Waals surface area contributed by atoms with E-state index in [1.54, 1.807) is 18.9 Å². The Morgan fingerprint density at radius 1 is 1.29 bits per heavy atom. The highest BCUT2D eigenvalue weighted by Crippen LogP contribution is 2.33. The van der Waals surface area contributed by atoms with E-state index >= 15 is 0 Å². The number of hydrogen-bond acceptors (Lipinski definition) is 4. The molecule has 0 spiro atoms. The molecule has 0 aromatic heterocycles. The van der Waals surface area contributed by atoms with Crippen molar-refractivity contribution in [1.82, 2.24) is 9.80 Å². The minimum absolute atomic E-state index is 0.00748. The van der Waals surface area contributed by atoms with E-state index in [4.69, 9.17) is 10.2 Å². The number of nitrogens with zero attached hydrogens (tertiary/aromatic N) is 2. The Morgan fingerprint density at radius 3 is 2.48 bits per heavy atom. The van der Waals surface area contributed by atoms with Gasteiger partial charge in [0, 0.05) is 19.9 Å². The maximum atomic E-state index is 12.4. The lowest BCUT2D eigenvalue weighted by molar-refractivity contribution is -0.138. The van der Waals surface area contributed by atoms with Gasteiger partial charge in [0.15, 0.2) is 6.29 Å². The number of hydrogen-bond donors (Lipinski definition) is 2. The van der Waals surface area contributed by atoms with E-state index in [2.05, 4.69) is 0 Å². The van der Waals surface area contributed by atoms with Crippen molar-refractivity contribution in [3.8, 4) is 0 Å². The first-order valence-electron chi connectivity index (χ1n) is 6.92. The Hall–Kier alpha value is -1.92. The van der Waals surface area contributed by atoms with Crippen LogP contribution in [-0.4, -0.2) is 51.2 Å². The lowest BCUT2D eigenvalue weighted by atomic mass is 10.1. The summed E-state index contributed by atoms with van der Waals surface area (Å²) < 4.78 is 0. The third-order valence-corrected chi connectivity index (χ3v) is 3.75. The van der Waals surface area contributed by atoms with E-state index in [0.717, 1.165) is 5.56 Å². The average Bonchev–Trinajstić information content (AvgIpc) is 2.70. The van der Waals surface area contributed by atoms with Crippen LogP contribution in [0, 0.1) is 0 Å². The first kappa shape index (κ1) is 15.5. The van der Waals surface area contributed by atoms with Gasteiger partial charge in [0.25, 0.3) is 0 Å². The molecule has 1 aliphatic heterocycles. The molecule has 1 aromatic rings. The normalized spacial score (nSPS) is 22.2. The average molecular weight is 292 g/mol. The number of aliphatic hydroxyl groups excluding tert-OH is 1. The van der Waals surface area contributed by atoms with Gasteiger partial charge >= 0.3 is 0 Å². The van der Waals surface area contributed by atoms with E-state index in [1.165, 1.54) is 4.90 Å². The van der Waals surface area contributed by atoms with E-state index in [-0.39, 0.29) is 24.7 Å². The van der Waals surface area contributed by atoms with Crippen LogP contribution in [0.4, 0.5) is 0 Å². The van der Waals surface area contributed by atoms with Crippen molar-refractivity contribution in [2.24, 2.45) is 0 Å². The molecular formula is C15H20N2O4. The Balaban J connectivity index is 2.27. The quantitative estimate of drug-likeness (QED) is 0.790. The molecule has 6 nitrogen and oxygen atoms in total. The number of benzene rings is 1. The summed E-state index contributed by atoms with van der Waals surface area (Å²) in [5, 5.41) is 17.8. The number of aliphatic hydroxyl groups is 2. The zero-order valence-electron chi connectivity index (χ0n) is 12.1. The van der Waals surface area contributed by atoms with Crippen LogP contribution in [0.2, 0.25) is 0 Å². The zero-order chi connectivity index (χ0) is 15.6. The molecule has 1 aliphatic rings. The molecule has 0 radical (unpaired) electrons. The standard InChI is InChI=1S/C15H20N2O4/c1-10-15(21)16(2)14(11-6-4-3-5-7-11)17(10)12(18)8-9-13(19)20/h3-7,10,13-14,19-20H,8-9H2,1-2H3. The summed E-state index contributed by atoms with van der Waals surface area (Å²) in [5.74, 6) is -0.385. The number of carbonyl (C=O) groups excluding carboxylic acids is 2. The summed E-state index contributed by atoms with van der Waals surface area (Å²) >= 11 is 0.